The summed E-state index contributed by atoms with van der Waals surface area (Å²) in [5, 5.41) is 7.00. The third kappa shape index (κ3) is 16.1. The van der Waals surface area contributed by atoms with E-state index in [0.29, 0.717) is 92.1 Å². The van der Waals surface area contributed by atoms with Crippen LogP contribution in [-0.4, -0.2) is 137 Å². The molecular weight excluding hydrogens is 572 g/mol. The molecule has 0 saturated carbocycles. The molecular formula is C31H50N4O9. The minimum absolute atomic E-state index is 0.285. The molecule has 0 spiro atoms. The van der Waals surface area contributed by atoms with Gasteiger partial charge in [-0.15, -0.1) is 0 Å². The van der Waals surface area contributed by atoms with E-state index < -0.39 is 11.9 Å². The number of hydrogen-bond acceptors (Lipinski definition) is 13. The maximum absolute atomic E-state index is 11.8. The summed E-state index contributed by atoms with van der Waals surface area (Å²) in [6.07, 6.45) is 0. The average Bonchev–Trinajstić information content (AvgIpc) is 3.07. The first-order valence-corrected chi connectivity index (χ1v) is 14.9. The zero-order valence-corrected chi connectivity index (χ0v) is 26.9. The van der Waals surface area contributed by atoms with E-state index in [1.165, 1.54) is 14.2 Å². The summed E-state index contributed by atoms with van der Waals surface area (Å²) in [6, 6.07) is 10.6. The first-order valence-electron chi connectivity index (χ1n) is 14.9. The summed E-state index contributed by atoms with van der Waals surface area (Å²) in [6.45, 7) is 11.8. The normalized spacial score (nSPS) is 16.5. The number of pyridine rings is 2. The van der Waals surface area contributed by atoms with Gasteiger partial charge in [0, 0.05) is 46.4 Å². The molecule has 0 aromatic carbocycles. The topological polar surface area (TPSA) is 142 Å². The maximum atomic E-state index is 11.8. The molecule has 1 aliphatic heterocycles. The van der Waals surface area contributed by atoms with Crippen molar-refractivity contribution in [1.29, 1.82) is 0 Å². The average molecular weight is 623 g/mol. The van der Waals surface area contributed by atoms with Crippen molar-refractivity contribution < 1.29 is 43.1 Å². The van der Waals surface area contributed by atoms with Crippen LogP contribution in [0.15, 0.2) is 36.4 Å². The standard InChI is InChI=1S/C28H40N4O8.C2H6.CH4O/c1-35-27(33)25-7-3-5-23(29-25)21-31-9-13-37-17-19-39-15-11-32(12-16-40-20-18-38-14-10-31)22-24-6-4-8-26(30-24)28(34)36-2;2*1-2/h3-8H,9-22H2,1-2H3;1-2H3;2H,1H3. The predicted molar refractivity (Wildman–Crippen MR) is 164 cm³/mol. The van der Waals surface area contributed by atoms with Gasteiger partial charge in [0.15, 0.2) is 0 Å². The number of ether oxygens (including phenoxy) is 6. The molecule has 13 nitrogen and oxygen atoms in total. The fraction of sp³-hybridized carbons (Fsp3) is 0.613. The molecule has 2 aromatic rings. The number of aliphatic hydroxyl groups is 1. The van der Waals surface area contributed by atoms with Crippen LogP contribution in [0.3, 0.4) is 0 Å². The molecule has 0 bridgehead atoms. The highest BCUT2D eigenvalue weighted by Gasteiger charge is 2.13. The van der Waals surface area contributed by atoms with Gasteiger partial charge >= 0.3 is 11.9 Å². The van der Waals surface area contributed by atoms with Crippen molar-refractivity contribution in [3.05, 3.63) is 59.2 Å². The summed E-state index contributed by atoms with van der Waals surface area (Å²) in [4.78, 5) is 36.9. The Hall–Kier alpha value is -3.04. The highest BCUT2D eigenvalue weighted by molar-refractivity contribution is 5.87. The number of aromatic nitrogens is 2. The second-order valence-corrected chi connectivity index (χ2v) is 9.01. The SMILES string of the molecule is CC.CO.COC(=O)c1cccc(CN2CCOCCOCCN(Cc3cccc(C(=O)OC)n3)CCOCCOCC2)n1. The van der Waals surface area contributed by atoms with Crippen LogP contribution < -0.4 is 0 Å². The van der Waals surface area contributed by atoms with Crippen molar-refractivity contribution >= 4 is 11.9 Å². The lowest BCUT2D eigenvalue weighted by atomic mass is 10.3. The first-order chi connectivity index (χ1) is 21.6. The van der Waals surface area contributed by atoms with Crippen molar-refractivity contribution in [3.63, 3.8) is 0 Å². The number of esters is 2. The molecule has 0 aliphatic carbocycles. The molecule has 44 heavy (non-hydrogen) atoms. The van der Waals surface area contributed by atoms with Gasteiger partial charge in [-0.3, -0.25) is 9.80 Å². The van der Waals surface area contributed by atoms with Gasteiger partial charge in [-0.2, -0.15) is 0 Å². The van der Waals surface area contributed by atoms with Crippen LogP contribution in [0.25, 0.3) is 0 Å². The third-order valence-electron chi connectivity index (χ3n) is 6.13. The van der Waals surface area contributed by atoms with E-state index in [4.69, 9.17) is 33.5 Å². The number of rotatable bonds is 6. The molecule has 3 rings (SSSR count). The van der Waals surface area contributed by atoms with Crippen LogP contribution in [0.2, 0.25) is 0 Å². The fourth-order valence-corrected chi connectivity index (χ4v) is 3.99. The van der Waals surface area contributed by atoms with Crippen LogP contribution in [0, 0.1) is 0 Å². The van der Waals surface area contributed by atoms with E-state index in [2.05, 4.69) is 19.8 Å². The molecule has 1 aliphatic rings. The second kappa shape index (κ2) is 25.3. The lowest BCUT2D eigenvalue weighted by Gasteiger charge is -2.23. The van der Waals surface area contributed by atoms with E-state index in [-0.39, 0.29) is 11.4 Å². The molecule has 1 fully saturated rings. The minimum Gasteiger partial charge on any atom is -0.464 e. The highest BCUT2D eigenvalue weighted by atomic mass is 16.5. The summed E-state index contributed by atoms with van der Waals surface area (Å²) >= 11 is 0. The zero-order chi connectivity index (χ0) is 32.4. The van der Waals surface area contributed by atoms with E-state index in [0.717, 1.165) is 18.5 Å². The summed E-state index contributed by atoms with van der Waals surface area (Å²) in [5.74, 6) is -0.915. The number of carbonyl (C=O) groups excluding carboxylic acids is 2. The van der Waals surface area contributed by atoms with Crippen LogP contribution >= 0.6 is 0 Å². The van der Waals surface area contributed by atoms with Gasteiger partial charge in [-0.05, 0) is 24.3 Å². The Bertz CT molecular complexity index is 943. The van der Waals surface area contributed by atoms with Gasteiger partial charge in [0.2, 0.25) is 0 Å². The Balaban J connectivity index is 0.00000232. The number of methoxy groups -OCH3 is 2. The van der Waals surface area contributed by atoms with Crippen molar-refractivity contribution in [1.82, 2.24) is 19.8 Å². The van der Waals surface area contributed by atoms with Gasteiger partial charge in [-0.25, -0.2) is 19.6 Å². The minimum atomic E-state index is -0.458. The van der Waals surface area contributed by atoms with Gasteiger partial charge in [0.05, 0.1) is 78.5 Å². The summed E-state index contributed by atoms with van der Waals surface area (Å²) in [7, 11) is 3.68. The van der Waals surface area contributed by atoms with Crippen molar-refractivity contribution in [3.8, 4) is 0 Å². The summed E-state index contributed by atoms with van der Waals surface area (Å²) in [5.41, 5.74) is 2.11. The molecule has 1 saturated heterocycles. The van der Waals surface area contributed by atoms with Crippen LogP contribution in [0.5, 0.6) is 0 Å². The number of nitrogens with zero attached hydrogens (tertiary/aromatic N) is 4. The molecule has 0 amide bonds. The Morgan fingerprint density at radius 3 is 1.25 bits per heavy atom. The van der Waals surface area contributed by atoms with E-state index in [1.807, 2.05) is 26.0 Å². The van der Waals surface area contributed by atoms with Gasteiger partial charge in [0.25, 0.3) is 0 Å². The van der Waals surface area contributed by atoms with Crippen LogP contribution in [0.4, 0.5) is 0 Å². The zero-order valence-electron chi connectivity index (χ0n) is 26.9. The fourth-order valence-electron chi connectivity index (χ4n) is 3.99. The molecule has 0 radical (unpaired) electrons. The number of hydrogen-bond donors (Lipinski definition) is 1. The number of aliphatic hydroxyl groups excluding tert-OH is 1. The molecule has 0 atom stereocenters. The van der Waals surface area contributed by atoms with Crippen LogP contribution in [0.1, 0.15) is 46.2 Å². The van der Waals surface area contributed by atoms with Crippen molar-refractivity contribution in [2.45, 2.75) is 26.9 Å². The highest BCUT2D eigenvalue weighted by Crippen LogP contribution is 2.07. The molecule has 2 aromatic heterocycles. The Labute approximate surface area is 261 Å². The predicted octanol–water partition coefficient (Wildman–Crippen LogP) is 2.07. The largest absolute Gasteiger partial charge is 0.464 e. The quantitative estimate of drug-likeness (QED) is 0.470. The molecule has 13 heteroatoms. The Morgan fingerprint density at radius 1 is 0.636 bits per heavy atom. The summed E-state index contributed by atoms with van der Waals surface area (Å²) < 4.78 is 32.8. The monoisotopic (exact) mass is 622 g/mol. The smallest absolute Gasteiger partial charge is 0.356 e. The first kappa shape index (κ1) is 39.0. The molecule has 0 unspecified atom stereocenters. The lowest BCUT2D eigenvalue weighted by molar-refractivity contribution is 0.00597. The lowest BCUT2D eigenvalue weighted by Crippen LogP contribution is -2.33. The van der Waals surface area contributed by atoms with Gasteiger partial charge < -0.3 is 33.5 Å². The van der Waals surface area contributed by atoms with E-state index >= 15 is 0 Å². The Morgan fingerprint density at radius 2 is 0.955 bits per heavy atom. The third-order valence-corrected chi connectivity index (χ3v) is 6.13. The molecule has 248 valence electrons. The van der Waals surface area contributed by atoms with E-state index in [9.17, 15) is 9.59 Å². The number of carbonyl (C=O) groups is 2. The Kier molecular flexibility index (Phi) is 22.4. The second-order valence-electron chi connectivity index (χ2n) is 9.01. The van der Waals surface area contributed by atoms with Crippen LogP contribution in [-0.2, 0) is 41.5 Å². The van der Waals surface area contributed by atoms with E-state index in [1.54, 1.807) is 24.3 Å². The van der Waals surface area contributed by atoms with Gasteiger partial charge in [-0.1, -0.05) is 26.0 Å². The maximum Gasteiger partial charge on any atom is 0.356 e. The van der Waals surface area contributed by atoms with Gasteiger partial charge in [0.1, 0.15) is 11.4 Å². The van der Waals surface area contributed by atoms with Crippen molar-refractivity contribution in [2.75, 3.05) is 100 Å². The van der Waals surface area contributed by atoms with Crippen molar-refractivity contribution in [2.24, 2.45) is 0 Å². The molecule has 3 heterocycles. The molecule has 1 N–H and O–H groups in total.